The molecule has 0 aliphatic carbocycles. The number of rotatable bonds is 2. The zero-order chi connectivity index (χ0) is 14.9. The van der Waals surface area contributed by atoms with Crippen molar-refractivity contribution in [1.82, 2.24) is 0 Å². The average molecular weight is 365 g/mol. The minimum absolute atomic E-state index is 0.0397. The lowest BCUT2D eigenvalue weighted by Gasteiger charge is -2.10. The van der Waals surface area contributed by atoms with Gasteiger partial charge in [0.15, 0.2) is 0 Å². The second-order valence-corrected chi connectivity index (χ2v) is 5.12. The molecule has 1 N–H and O–H groups in total. The standard InChI is InChI=1S/C13H6BrClF3NO/c14-10-4-9(18)5-11(15)12(10)19-13(20)6-1-7(16)3-8(17)2-6/h1-5H,(H,19,20). The van der Waals surface area contributed by atoms with Crippen molar-refractivity contribution in [3.63, 3.8) is 0 Å². The normalized spacial score (nSPS) is 10.4. The molecule has 7 heteroatoms. The van der Waals surface area contributed by atoms with Crippen LogP contribution in [-0.4, -0.2) is 5.91 Å². The van der Waals surface area contributed by atoms with Crippen LogP contribution in [0.1, 0.15) is 10.4 Å². The van der Waals surface area contributed by atoms with E-state index in [2.05, 4.69) is 21.2 Å². The highest BCUT2D eigenvalue weighted by Crippen LogP contribution is 2.32. The summed E-state index contributed by atoms with van der Waals surface area (Å²) in [7, 11) is 0. The van der Waals surface area contributed by atoms with E-state index >= 15 is 0 Å². The summed E-state index contributed by atoms with van der Waals surface area (Å²) in [5.74, 6) is -3.10. The fraction of sp³-hybridized carbons (Fsp3) is 0. The number of nitrogens with one attached hydrogen (secondary N) is 1. The van der Waals surface area contributed by atoms with Gasteiger partial charge >= 0.3 is 0 Å². The van der Waals surface area contributed by atoms with Crippen LogP contribution in [0, 0.1) is 17.5 Å². The molecule has 0 spiro atoms. The van der Waals surface area contributed by atoms with E-state index in [1.807, 2.05) is 0 Å². The van der Waals surface area contributed by atoms with Crippen LogP contribution >= 0.6 is 27.5 Å². The van der Waals surface area contributed by atoms with Crippen LogP contribution in [0.2, 0.25) is 5.02 Å². The highest BCUT2D eigenvalue weighted by molar-refractivity contribution is 9.10. The Balaban J connectivity index is 2.32. The van der Waals surface area contributed by atoms with Crippen LogP contribution in [0.4, 0.5) is 18.9 Å². The summed E-state index contributed by atoms with van der Waals surface area (Å²) in [6.45, 7) is 0. The molecule has 1 amide bonds. The zero-order valence-electron chi connectivity index (χ0n) is 9.68. The predicted octanol–water partition coefficient (Wildman–Crippen LogP) is 4.77. The molecular weight excluding hydrogens is 359 g/mol. The third-order valence-electron chi connectivity index (χ3n) is 2.37. The fourth-order valence-electron chi connectivity index (χ4n) is 1.53. The molecular formula is C13H6BrClF3NO. The highest BCUT2D eigenvalue weighted by Gasteiger charge is 2.14. The third kappa shape index (κ3) is 3.32. The highest BCUT2D eigenvalue weighted by atomic mass is 79.9. The van der Waals surface area contributed by atoms with Crippen molar-refractivity contribution in [2.45, 2.75) is 0 Å². The van der Waals surface area contributed by atoms with E-state index in [4.69, 9.17) is 11.6 Å². The second kappa shape index (κ2) is 5.85. The molecule has 2 aromatic carbocycles. The summed E-state index contributed by atoms with van der Waals surface area (Å²) in [6, 6.07) is 4.52. The van der Waals surface area contributed by atoms with E-state index in [1.165, 1.54) is 0 Å². The lowest BCUT2D eigenvalue weighted by atomic mass is 10.2. The number of amides is 1. The lowest BCUT2D eigenvalue weighted by Crippen LogP contribution is -2.13. The Bertz CT molecular complexity index is 650. The molecule has 0 aromatic heterocycles. The van der Waals surface area contributed by atoms with Crippen molar-refractivity contribution in [2.75, 3.05) is 5.32 Å². The first-order valence-electron chi connectivity index (χ1n) is 5.29. The number of benzene rings is 2. The second-order valence-electron chi connectivity index (χ2n) is 3.86. The topological polar surface area (TPSA) is 29.1 Å². The van der Waals surface area contributed by atoms with Crippen molar-refractivity contribution in [3.8, 4) is 0 Å². The van der Waals surface area contributed by atoms with Gasteiger partial charge in [0.1, 0.15) is 17.5 Å². The predicted molar refractivity (Wildman–Crippen MR) is 73.4 cm³/mol. The minimum atomic E-state index is -0.876. The molecule has 0 bridgehead atoms. The molecule has 0 heterocycles. The fourth-order valence-corrected chi connectivity index (χ4v) is 2.43. The molecule has 2 aromatic rings. The molecule has 104 valence electrons. The molecule has 0 saturated carbocycles. The first kappa shape index (κ1) is 14.9. The molecule has 0 fully saturated rings. The number of hydrogen-bond donors (Lipinski definition) is 1. The van der Waals surface area contributed by atoms with Crippen LogP contribution in [0.5, 0.6) is 0 Å². The molecule has 20 heavy (non-hydrogen) atoms. The molecule has 2 rings (SSSR count). The number of carbonyl (C=O) groups is 1. The summed E-state index contributed by atoms with van der Waals surface area (Å²) in [5, 5.41) is 2.32. The Hall–Kier alpha value is -1.53. The third-order valence-corrected chi connectivity index (χ3v) is 3.29. The van der Waals surface area contributed by atoms with Gasteiger partial charge in [0.05, 0.1) is 10.7 Å². The maximum absolute atomic E-state index is 13.0. The van der Waals surface area contributed by atoms with Gasteiger partial charge in [-0.05, 0) is 40.2 Å². The average Bonchev–Trinajstić information content (AvgIpc) is 2.32. The molecule has 0 saturated heterocycles. The molecule has 2 nitrogen and oxygen atoms in total. The number of halogens is 5. The SMILES string of the molecule is O=C(Nc1c(Cl)cc(F)cc1Br)c1cc(F)cc(F)c1. The van der Waals surface area contributed by atoms with Crippen molar-refractivity contribution >= 4 is 39.1 Å². The van der Waals surface area contributed by atoms with E-state index in [9.17, 15) is 18.0 Å². The minimum Gasteiger partial charge on any atom is -0.320 e. The van der Waals surface area contributed by atoms with Gasteiger partial charge in [-0.15, -0.1) is 0 Å². The Kier molecular flexibility index (Phi) is 4.35. The van der Waals surface area contributed by atoms with Crippen LogP contribution in [0.15, 0.2) is 34.8 Å². The zero-order valence-corrected chi connectivity index (χ0v) is 12.0. The summed E-state index contributed by atoms with van der Waals surface area (Å²) in [6.07, 6.45) is 0. The Morgan fingerprint density at radius 3 is 2.10 bits per heavy atom. The monoisotopic (exact) mass is 363 g/mol. The molecule has 0 radical (unpaired) electrons. The smallest absolute Gasteiger partial charge is 0.255 e. The van der Waals surface area contributed by atoms with Crippen LogP contribution in [0.3, 0.4) is 0 Å². The Morgan fingerprint density at radius 1 is 1.00 bits per heavy atom. The number of anilines is 1. The quantitative estimate of drug-likeness (QED) is 0.817. The van der Waals surface area contributed by atoms with Crippen LogP contribution in [-0.2, 0) is 0 Å². The molecule has 0 unspecified atom stereocenters. The molecule has 0 atom stereocenters. The molecule has 0 aliphatic heterocycles. The maximum atomic E-state index is 13.0. The maximum Gasteiger partial charge on any atom is 0.255 e. The van der Waals surface area contributed by atoms with Crippen molar-refractivity contribution < 1.29 is 18.0 Å². The van der Waals surface area contributed by atoms with Gasteiger partial charge < -0.3 is 5.32 Å². The first-order chi connectivity index (χ1) is 9.36. The van der Waals surface area contributed by atoms with E-state index in [1.54, 1.807) is 0 Å². The molecule has 0 aliphatic rings. The largest absolute Gasteiger partial charge is 0.320 e. The summed E-state index contributed by atoms with van der Waals surface area (Å²) in [5.41, 5.74) is -0.0995. The summed E-state index contributed by atoms with van der Waals surface area (Å²) in [4.78, 5) is 11.9. The van der Waals surface area contributed by atoms with Gasteiger partial charge in [0.2, 0.25) is 0 Å². The van der Waals surface area contributed by atoms with Crippen molar-refractivity contribution in [1.29, 1.82) is 0 Å². The van der Waals surface area contributed by atoms with Gasteiger partial charge in [0.25, 0.3) is 5.91 Å². The van der Waals surface area contributed by atoms with Gasteiger partial charge in [0, 0.05) is 16.1 Å². The van der Waals surface area contributed by atoms with Crippen LogP contribution in [0.25, 0.3) is 0 Å². The van der Waals surface area contributed by atoms with E-state index < -0.39 is 23.4 Å². The van der Waals surface area contributed by atoms with Gasteiger partial charge in [-0.25, -0.2) is 13.2 Å². The number of carbonyl (C=O) groups excluding carboxylic acids is 1. The summed E-state index contributed by atoms with van der Waals surface area (Å²) < 4.78 is 39.3. The lowest BCUT2D eigenvalue weighted by molar-refractivity contribution is 0.102. The van der Waals surface area contributed by atoms with Gasteiger partial charge in [-0.3, -0.25) is 4.79 Å². The van der Waals surface area contributed by atoms with Gasteiger partial charge in [-0.2, -0.15) is 0 Å². The van der Waals surface area contributed by atoms with Crippen LogP contribution < -0.4 is 5.32 Å². The Morgan fingerprint density at radius 2 is 1.55 bits per heavy atom. The van der Waals surface area contributed by atoms with Gasteiger partial charge in [-0.1, -0.05) is 11.6 Å². The Labute approximate surface area is 125 Å². The van der Waals surface area contributed by atoms with Crippen molar-refractivity contribution in [3.05, 3.63) is 62.8 Å². The van der Waals surface area contributed by atoms with E-state index in [-0.39, 0.29) is 20.7 Å². The van der Waals surface area contributed by atoms with E-state index in [0.717, 1.165) is 24.3 Å². The number of hydrogen-bond acceptors (Lipinski definition) is 1. The van der Waals surface area contributed by atoms with E-state index in [0.29, 0.717) is 6.07 Å². The van der Waals surface area contributed by atoms with Crippen molar-refractivity contribution in [2.24, 2.45) is 0 Å². The summed E-state index contributed by atoms with van der Waals surface area (Å²) >= 11 is 8.84. The first-order valence-corrected chi connectivity index (χ1v) is 6.46.